The zero-order chi connectivity index (χ0) is 15.7. The molecular formula is C16H20FN3OS. The van der Waals surface area contributed by atoms with Crippen LogP contribution in [0.1, 0.15) is 20.3 Å². The first-order chi connectivity index (χ1) is 10.5. The maximum atomic E-state index is 13.2. The maximum absolute atomic E-state index is 13.2. The largest absolute Gasteiger partial charge is 0.301 e. The number of hydrogen-bond donors (Lipinski definition) is 1. The van der Waals surface area contributed by atoms with Crippen molar-refractivity contribution in [1.82, 2.24) is 9.88 Å². The number of aromatic nitrogens is 1. The summed E-state index contributed by atoms with van der Waals surface area (Å²) in [5.74, 6) is 0.912. The van der Waals surface area contributed by atoms with Gasteiger partial charge in [0.25, 0.3) is 0 Å². The summed E-state index contributed by atoms with van der Waals surface area (Å²) in [6, 6.07) is 4.45. The van der Waals surface area contributed by atoms with Crippen molar-refractivity contribution in [2.45, 2.75) is 20.3 Å². The van der Waals surface area contributed by atoms with E-state index in [0.717, 1.165) is 17.8 Å². The molecule has 22 heavy (non-hydrogen) atoms. The number of benzene rings is 1. The molecule has 0 bridgehead atoms. The summed E-state index contributed by atoms with van der Waals surface area (Å²) < 4.78 is 13.9. The highest BCUT2D eigenvalue weighted by Crippen LogP contribution is 2.26. The summed E-state index contributed by atoms with van der Waals surface area (Å²) in [4.78, 5) is 18.7. The molecule has 2 atom stereocenters. The first kappa shape index (κ1) is 15.4. The van der Waals surface area contributed by atoms with Crippen molar-refractivity contribution in [2.24, 2.45) is 11.8 Å². The summed E-state index contributed by atoms with van der Waals surface area (Å²) in [6.45, 7) is 6.76. The van der Waals surface area contributed by atoms with E-state index in [4.69, 9.17) is 0 Å². The van der Waals surface area contributed by atoms with Gasteiger partial charge in [0.1, 0.15) is 5.82 Å². The fourth-order valence-electron chi connectivity index (χ4n) is 3.23. The van der Waals surface area contributed by atoms with E-state index in [-0.39, 0.29) is 11.7 Å². The van der Waals surface area contributed by atoms with Gasteiger partial charge in [0.2, 0.25) is 5.91 Å². The molecule has 0 aliphatic carbocycles. The van der Waals surface area contributed by atoms with Gasteiger partial charge in [-0.25, -0.2) is 9.37 Å². The molecule has 4 nitrogen and oxygen atoms in total. The number of thiazole rings is 1. The molecule has 1 aromatic heterocycles. The number of rotatable bonds is 3. The van der Waals surface area contributed by atoms with E-state index >= 15 is 0 Å². The third kappa shape index (κ3) is 3.62. The number of likely N-dealkylation sites (tertiary alicyclic amines) is 1. The van der Waals surface area contributed by atoms with Gasteiger partial charge in [-0.1, -0.05) is 25.2 Å². The van der Waals surface area contributed by atoms with E-state index in [1.807, 2.05) is 0 Å². The smallest absolute Gasteiger partial charge is 0.240 e. The monoisotopic (exact) mass is 321 g/mol. The van der Waals surface area contributed by atoms with Gasteiger partial charge < -0.3 is 5.32 Å². The van der Waals surface area contributed by atoms with Crippen LogP contribution in [-0.4, -0.2) is 35.4 Å². The number of nitrogens with one attached hydrogen (secondary N) is 1. The number of carbonyl (C=O) groups excluding carboxylic acids is 1. The lowest BCUT2D eigenvalue weighted by Gasteiger charge is -2.34. The molecule has 0 radical (unpaired) electrons. The van der Waals surface area contributed by atoms with Crippen molar-refractivity contribution in [3.63, 3.8) is 0 Å². The van der Waals surface area contributed by atoms with Gasteiger partial charge in [0, 0.05) is 13.1 Å². The van der Waals surface area contributed by atoms with Crippen LogP contribution in [0.3, 0.4) is 0 Å². The van der Waals surface area contributed by atoms with Gasteiger partial charge in [-0.05, 0) is 36.5 Å². The van der Waals surface area contributed by atoms with E-state index in [9.17, 15) is 9.18 Å². The standard InChI is InChI=1S/C16H20FN3OS/c1-10-5-11(2)8-20(7-10)9-15(21)19-16-18-13-4-3-12(17)6-14(13)22-16/h3-4,6,10-11H,5,7-9H2,1-2H3,(H,18,19,21). The summed E-state index contributed by atoms with van der Waals surface area (Å²) in [5, 5.41) is 3.36. The predicted molar refractivity (Wildman–Crippen MR) is 87.6 cm³/mol. The topological polar surface area (TPSA) is 45.2 Å². The summed E-state index contributed by atoms with van der Waals surface area (Å²) >= 11 is 1.30. The van der Waals surface area contributed by atoms with Crippen LogP contribution in [0.15, 0.2) is 18.2 Å². The Bertz CT molecular complexity index is 677. The lowest BCUT2D eigenvalue weighted by molar-refractivity contribution is -0.117. The number of halogens is 1. The lowest BCUT2D eigenvalue weighted by atomic mass is 9.92. The molecule has 1 aromatic carbocycles. The van der Waals surface area contributed by atoms with Crippen LogP contribution in [0.4, 0.5) is 9.52 Å². The Kier molecular flexibility index (Phi) is 4.40. The Labute approximate surface area is 133 Å². The summed E-state index contributed by atoms with van der Waals surface area (Å²) in [5.41, 5.74) is 0.710. The van der Waals surface area contributed by atoms with Crippen LogP contribution in [0.5, 0.6) is 0 Å². The average Bonchev–Trinajstić information content (AvgIpc) is 2.78. The van der Waals surface area contributed by atoms with Crippen LogP contribution in [0, 0.1) is 17.7 Å². The highest BCUT2D eigenvalue weighted by molar-refractivity contribution is 7.22. The number of amides is 1. The van der Waals surface area contributed by atoms with E-state index in [0.29, 0.717) is 29.0 Å². The molecule has 0 saturated carbocycles. The highest BCUT2D eigenvalue weighted by Gasteiger charge is 2.23. The fourth-order valence-corrected chi connectivity index (χ4v) is 4.14. The predicted octanol–water partition coefficient (Wildman–Crippen LogP) is 3.35. The second-order valence-electron chi connectivity index (χ2n) is 6.32. The minimum absolute atomic E-state index is 0.0548. The molecule has 0 spiro atoms. The highest BCUT2D eigenvalue weighted by atomic mass is 32.1. The number of carbonyl (C=O) groups is 1. The van der Waals surface area contributed by atoms with Crippen LogP contribution in [-0.2, 0) is 4.79 Å². The quantitative estimate of drug-likeness (QED) is 0.943. The van der Waals surface area contributed by atoms with E-state index in [1.54, 1.807) is 6.07 Å². The maximum Gasteiger partial charge on any atom is 0.240 e. The van der Waals surface area contributed by atoms with Gasteiger partial charge in [0.05, 0.1) is 16.8 Å². The van der Waals surface area contributed by atoms with Crippen molar-refractivity contribution in [3.05, 3.63) is 24.0 Å². The molecule has 1 N–H and O–H groups in total. The first-order valence-electron chi connectivity index (χ1n) is 7.58. The van der Waals surface area contributed by atoms with Crippen molar-refractivity contribution >= 4 is 32.6 Å². The Morgan fingerprint density at radius 3 is 2.86 bits per heavy atom. The van der Waals surface area contributed by atoms with Crippen molar-refractivity contribution in [3.8, 4) is 0 Å². The number of anilines is 1. The Morgan fingerprint density at radius 1 is 1.41 bits per heavy atom. The summed E-state index contributed by atoms with van der Waals surface area (Å²) in [7, 11) is 0. The molecule has 2 aromatic rings. The minimum Gasteiger partial charge on any atom is -0.301 e. The van der Waals surface area contributed by atoms with Crippen LogP contribution < -0.4 is 5.32 Å². The van der Waals surface area contributed by atoms with Gasteiger partial charge in [0.15, 0.2) is 5.13 Å². The molecule has 6 heteroatoms. The number of hydrogen-bond acceptors (Lipinski definition) is 4. The number of fused-ring (bicyclic) bond motifs is 1. The Morgan fingerprint density at radius 2 is 2.14 bits per heavy atom. The second-order valence-corrected chi connectivity index (χ2v) is 7.35. The first-order valence-corrected chi connectivity index (χ1v) is 8.39. The molecule has 1 amide bonds. The van der Waals surface area contributed by atoms with Gasteiger partial charge in [-0.3, -0.25) is 9.69 Å². The van der Waals surface area contributed by atoms with Crippen molar-refractivity contribution in [2.75, 3.05) is 25.0 Å². The third-order valence-corrected chi connectivity index (χ3v) is 4.84. The van der Waals surface area contributed by atoms with Crippen molar-refractivity contribution < 1.29 is 9.18 Å². The SMILES string of the molecule is CC1CC(C)CN(CC(=O)Nc2nc3ccc(F)cc3s2)C1. The van der Waals surface area contributed by atoms with Gasteiger partial charge in [-0.2, -0.15) is 0 Å². The van der Waals surface area contributed by atoms with Gasteiger partial charge >= 0.3 is 0 Å². The normalized spacial score (nSPS) is 22.9. The summed E-state index contributed by atoms with van der Waals surface area (Å²) in [6.07, 6.45) is 1.22. The van der Waals surface area contributed by atoms with Crippen LogP contribution in [0.2, 0.25) is 0 Å². The minimum atomic E-state index is -0.287. The third-order valence-electron chi connectivity index (χ3n) is 3.91. The van der Waals surface area contributed by atoms with Crippen LogP contribution in [0.25, 0.3) is 10.2 Å². The molecule has 2 unspecified atom stereocenters. The molecule has 3 rings (SSSR count). The van der Waals surface area contributed by atoms with Gasteiger partial charge in [-0.15, -0.1) is 0 Å². The van der Waals surface area contributed by atoms with E-state index < -0.39 is 0 Å². The second kappa shape index (κ2) is 6.30. The molecule has 118 valence electrons. The molecule has 1 saturated heterocycles. The number of nitrogens with zero attached hydrogens (tertiary/aromatic N) is 2. The van der Waals surface area contributed by atoms with Crippen LogP contribution >= 0.6 is 11.3 Å². The Hall–Kier alpha value is -1.53. The molecule has 2 heterocycles. The zero-order valence-electron chi connectivity index (χ0n) is 12.8. The van der Waals surface area contributed by atoms with E-state index in [2.05, 4.69) is 29.0 Å². The fraction of sp³-hybridized carbons (Fsp3) is 0.500. The molecule has 1 aliphatic heterocycles. The molecule has 1 fully saturated rings. The average molecular weight is 321 g/mol. The van der Waals surface area contributed by atoms with Crippen molar-refractivity contribution in [1.29, 1.82) is 0 Å². The molecule has 1 aliphatic rings. The van der Waals surface area contributed by atoms with E-state index in [1.165, 1.54) is 29.9 Å². The molecular weight excluding hydrogens is 301 g/mol. The Balaban J connectivity index is 1.63. The zero-order valence-corrected chi connectivity index (χ0v) is 13.6. The number of piperidine rings is 1. The lowest BCUT2D eigenvalue weighted by Crippen LogP contribution is -2.42.